The molecule has 2 heterocycles. The number of hydrogen-bond acceptors (Lipinski definition) is 6. The van der Waals surface area contributed by atoms with Gasteiger partial charge in [-0.2, -0.15) is 0 Å². The average molecular weight is 213 g/mol. The lowest BCUT2D eigenvalue weighted by molar-refractivity contribution is 1.08. The number of guanidine groups is 1. The predicted molar refractivity (Wildman–Crippen MR) is 59.5 cm³/mol. The third kappa shape index (κ3) is 1.44. The van der Waals surface area contributed by atoms with Crippen LogP contribution in [-0.4, -0.2) is 34.2 Å². The summed E-state index contributed by atoms with van der Waals surface area (Å²) in [6.07, 6.45) is 1.91. The zero-order chi connectivity index (χ0) is 9.42. The first-order valence-corrected chi connectivity index (χ1v) is 5.19. The molecule has 0 aliphatic carbocycles. The molecule has 0 aromatic carbocycles. The molecule has 0 aromatic heterocycles. The number of nitrogens with zero attached hydrogens (tertiary/aromatic N) is 3. The van der Waals surface area contributed by atoms with Crippen molar-refractivity contribution in [3.05, 3.63) is 0 Å². The van der Waals surface area contributed by atoms with Gasteiger partial charge in [-0.05, 0) is 6.26 Å². The van der Waals surface area contributed by atoms with Crippen LogP contribution < -0.4 is 11.1 Å². The fourth-order valence-electron chi connectivity index (χ4n) is 1.07. The molecule has 0 amide bonds. The molecule has 3 N–H and O–H groups in total. The summed E-state index contributed by atoms with van der Waals surface area (Å²) in [4.78, 5) is 12.8. The van der Waals surface area contributed by atoms with Crippen LogP contribution in [0, 0.1) is 0 Å². The van der Waals surface area contributed by atoms with Gasteiger partial charge in [0.25, 0.3) is 0 Å². The maximum atomic E-state index is 5.48. The van der Waals surface area contributed by atoms with Crippen molar-refractivity contribution >= 4 is 45.9 Å². The van der Waals surface area contributed by atoms with E-state index in [2.05, 4.69) is 20.3 Å². The van der Waals surface area contributed by atoms with Gasteiger partial charge < -0.3 is 11.1 Å². The van der Waals surface area contributed by atoms with Gasteiger partial charge in [0, 0.05) is 0 Å². The summed E-state index contributed by atoms with van der Waals surface area (Å²) in [5.74, 6) is 0.972. The minimum absolute atomic E-state index is 0.232. The molecule has 0 aromatic rings. The molecule has 68 valence electrons. The van der Waals surface area contributed by atoms with Crippen LogP contribution in [0.2, 0.25) is 0 Å². The highest BCUT2D eigenvalue weighted by Gasteiger charge is 2.30. The summed E-state index contributed by atoms with van der Waals surface area (Å²) in [5.41, 5.74) is 5.48. The molecule has 2 rings (SSSR count). The average Bonchev–Trinajstić information content (AvgIpc) is 2.47. The molecule has 13 heavy (non-hydrogen) atoms. The van der Waals surface area contributed by atoms with Crippen molar-refractivity contribution in [1.29, 1.82) is 0 Å². The second-order valence-corrected chi connectivity index (χ2v) is 3.67. The third-order valence-electron chi connectivity index (χ3n) is 1.62. The maximum absolute atomic E-state index is 5.48. The molecule has 0 fully saturated rings. The summed E-state index contributed by atoms with van der Waals surface area (Å²) in [6, 6.07) is -0.232. The zero-order valence-corrected chi connectivity index (χ0v) is 8.45. The van der Waals surface area contributed by atoms with Crippen molar-refractivity contribution in [1.82, 2.24) is 5.32 Å². The molecule has 0 bridgehead atoms. The lowest BCUT2D eigenvalue weighted by Gasteiger charge is -2.16. The van der Waals surface area contributed by atoms with E-state index in [1.165, 1.54) is 11.8 Å². The van der Waals surface area contributed by atoms with Crippen LogP contribution >= 0.6 is 24.0 Å². The minimum atomic E-state index is -0.232. The summed E-state index contributed by atoms with van der Waals surface area (Å²) in [7, 11) is 0. The molecule has 2 aliphatic rings. The Bertz CT molecular complexity index is 356. The summed E-state index contributed by atoms with van der Waals surface area (Å²) in [5, 5.41) is 3.54. The normalized spacial score (nSPS) is 25.8. The van der Waals surface area contributed by atoms with Crippen LogP contribution in [-0.2, 0) is 0 Å². The van der Waals surface area contributed by atoms with Gasteiger partial charge in [0.2, 0.25) is 0 Å². The Hall–Kier alpha value is -0.950. The number of aliphatic imine (C=N–C) groups is 3. The van der Waals surface area contributed by atoms with Gasteiger partial charge in [-0.1, -0.05) is 24.0 Å². The van der Waals surface area contributed by atoms with Crippen molar-refractivity contribution in [2.75, 3.05) is 6.26 Å². The van der Waals surface area contributed by atoms with Gasteiger partial charge in [0.1, 0.15) is 10.8 Å². The van der Waals surface area contributed by atoms with Crippen LogP contribution in [0.25, 0.3) is 0 Å². The first-order chi connectivity index (χ1) is 6.20. The Morgan fingerprint density at radius 3 is 3.00 bits per heavy atom. The predicted octanol–water partition coefficient (Wildman–Crippen LogP) is -0.269. The molecule has 5 nitrogen and oxygen atoms in total. The van der Waals surface area contributed by atoms with Crippen molar-refractivity contribution in [2.45, 2.75) is 6.04 Å². The highest BCUT2D eigenvalue weighted by Crippen LogP contribution is 2.15. The molecular weight excluding hydrogens is 206 g/mol. The second-order valence-electron chi connectivity index (χ2n) is 2.48. The highest BCUT2D eigenvalue weighted by molar-refractivity contribution is 8.13. The van der Waals surface area contributed by atoms with Crippen molar-refractivity contribution in [3.63, 3.8) is 0 Å². The van der Waals surface area contributed by atoms with Crippen LogP contribution in [0.15, 0.2) is 15.0 Å². The van der Waals surface area contributed by atoms with Gasteiger partial charge >= 0.3 is 0 Å². The van der Waals surface area contributed by atoms with E-state index in [0.717, 1.165) is 0 Å². The van der Waals surface area contributed by atoms with E-state index < -0.39 is 0 Å². The molecular formula is C6H7N5S2. The summed E-state index contributed by atoms with van der Waals surface area (Å²) in [6.45, 7) is 0. The van der Waals surface area contributed by atoms with E-state index in [4.69, 9.17) is 18.0 Å². The molecule has 1 atom stereocenters. The second kappa shape index (κ2) is 3.08. The quantitative estimate of drug-likeness (QED) is 0.543. The lowest BCUT2D eigenvalue weighted by atomic mass is 10.2. The molecule has 0 radical (unpaired) electrons. The molecule has 0 saturated carbocycles. The van der Waals surface area contributed by atoms with Crippen LogP contribution in [0.3, 0.4) is 0 Å². The number of rotatable bonds is 0. The number of amidine groups is 2. The SMILES string of the molecule is CSC1=NC2C(=S)N=C(N)NC2=N1. The van der Waals surface area contributed by atoms with Gasteiger partial charge in [-0.15, -0.1) is 0 Å². The highest BCUT2D eigenvalue weighted by atomic mass is 32.2. The maximum Gasteiger partial charge on any atom is 0.199 e. The number of nitrogens with one attached hydrogen (secondary N) is 1. The first kappa shape index (κ1) is 8.64. The number of nitrogens with two attached hydrogens (primary N) is 1. The smallest absolute Gasteiger partial charge is 0.199 e. The standard InChI is InChI=1S/C6H7N5S2/c1-13-6-8-2-3(10-6)9-5(7)11-4(2)12/h2H,1H3,(H3,7,8,9,10,11,12). The molecule has 0 spiro atoms. The molecule has 1 unspecified atom stereocenters. The fraction of sp³-hybridized carbons (Fsp3) is 0.333. The Morgan fingerprint density at radius 2 is 2.31 bits per heavy atom. The van der Waals surface area contributed by atoms with Crippen molar-refractivity contribution in [2.24, 2.45) is 20.7 Å². The van der Waals surface area contributed by atoms with Crippen LogP contribution in [0.4, 0.5) is 0 Å². The van der Waals surface area contributed by atoms with Crippen molar-refractivity contribution in [3.8, 4) is 0 Å². The fourth-order valence-corrected chi connectivity index (χ4v) is 1.73. The number of thioether (sulfide) groups is 1. The van der Waals surface area contributed by atoms with Gasteiger partial charge in [0.05, 0.1) is 0 Å². The van der Waals surface area contributed by atoms with Gasteiger partial charge in [-0.3, -0.25) is 0 Å². The number of thiocarbonyl (C=S) groups is 1. The molecule has 7 heteroatoms. The van der Waals surface area contributed by atoms with E-state index in [0.29, 0.717) is 16.0 Å². The topological polar surface area (TPSA) is 75.1 Å². The Morgan fingerprint density at radius 1 is 1.54 bits per heavy atom. The monoisotopic (exact) mass is 213 g/mol. The minimum Gasteiger partial charge on any atom is -0.369 e. The molecule has 2 aliphatic heterocycles. The number of fused-ring (bicyclic) bond motifs is 1. The third-order valence-corrected chi connectivity index (χ3v) is 2.49. The lowest BCUT2D eigenvalue weighted by Crippen LogP contribution is -2.48. The summed E-state index contributed by atoms with van der Waals surface area (Å²) >= 11 is 6.49. The van der Waals surface area contributed by atoms with Crippen LogP contribution in [0.5, 0.6) is 0 Å². The Labute approximate surface area is 84.6 Å². The number of hydrogen-bond donors (Lipinski definition) is 2. The molecule has 0 saturated heterocycles. The summed E-state index contributed by atoms with van der Waals surface area (Å²) < 4.78 is 0. The Kier molecular flexibility index (Phi) is 2.04. The Balaban J connectivity index is 2.33. The van der Waals surface area contributed by atoms with E-state index in [-0.39, 0.29) is 12.0 Å². The van der Waals surface area contributed by atoms with Crippen molar-refractivity contribution < 1.29 is 0 Å². The van der Waals surface area contributed by atoms with Crippen LogP contribution in [0.1, 0.15) is 0 Å². The van der Waals surface area contributed by atoms with Gasteiger partial charge in [0.15, 0.2) is 17.2 Å². The van der Waals surface area contributed by atoms with E-state index in [1.54, 1.807) is 0 Å². The van der Waals surface area contributed by atoms with E-state index in [1.807, 2.05) is 6.26 Å². The van der Waals surface area contributed by atoms with E-state index >= 15 is 0 Å². The first-order valence-electron chi connectivity index (χ1n) is 3.56. The van der Waals surface area contributed by atoms with Gasteiger partial charge in [-0.25, -0.2) is 15.0 Å². The van der Waals surface area contributed by atoms with E-state index in [9.17, 15) is 0 Å². The zero-order valence-electron chi connectivity index (χ0n) is 6.81. The largest absolute Gasteiger partial charge is 0.369 e.